The average molecular weight is 455 g/mol. The predicted molar refractivity (Wildman–Crippen MR) is 128 cm³/mol. The van der Waals surface area contributed by atoms with E-state index in [0.29, 0.717) is 24.2 Å². The number of piperidine rings is 1. The minimum atomic E-state index is -0.0983. The lowest BCUT2D eigenvalue weighted by atomic mass is 10.0. The Hall–Kier alpha value is -3.76. The van der Waals surface area contributed by atoms with Crippen molar-refractivity contribution in [2.24, 2.45) is 0 Å². The van der Waals surface area contributed by atoms with Crippen LogP contribution in [0.15, 0.2) is 87.4 Å². The third-order valence-corrected chi connectivity index (χ3v) is 7.24. The summed E-state index contributed by atoms with van der Waals surface area (Å²) in [5.41, 5.74) is 2.88. The topological polar surface area (TPSA) is 81.9 Å². The summed E-state index contributed by atoms with van der Waals surface area (Å²) in [6.07, 6.45) is 1.44. The number of aromatic amines is 1. The number of amides is 1. The number of nitriles is 1. The van der Waals surface area contributed by atoms with Crippen LogP contribution in [0.5, 0.6) is 0 Å². The number of hydrogen-bond acceptors (Lipinski definition) is 4. The maximum atomic E-state index is 13.4. The van der Waals surface area contributed by atoms with Crippen LogP contribution < -0.4 is 5.69 Å². The Morgan fingerprint density at radius 2 is 1.61 bits per heavy atom. The first-order chi connectivity index (χ1) is 16.2. The van der Waals surface area contributed by atoms with E-state index < -0.39 is 0 Å². The molecule has 1 amide bonds. The number of nitrogens with one attached hydrogen (secondary N) is 1. The second-order valence-electron chi connectivity index (χ2n) is 8.05. The van der Waals surface area contributed by atoms with Gasteiger partial charge in [0.15, 0.2) is 0 Å². The maximum Gasteiger partial charge on any atom is 0.326 e. The van der Waals surface area contributed by atoms with Crippen molar-refractivity contribution in [2.45, 2.75) is 28.7 Å². The molecule has 1 saturated heterocycles. The van der Waals surface area contributed by atoms with Gasteiger partial charge in [-0.3, -0.25) is 9.36 Å². The standard InChI is InChI=1S/C26H22N4O2S/c27-17-18-7-1-5-11-23(18)33-24-12-6-2-8-20(24)25(31)29-15-13-19(14-16-29)30-22-10-4-3-9-21(22)28-26(30)32/h1-12,19H,13-16H2,(H,28,32). The maximum absolute atomic E-state index is 13.4. The summed E-state index contributed by atoms with van der Waals surface area (Å²) in [5.74, 6) is -0.0164. The van der Waals surface area contributed by atoms with Gasteiger partial charge in [-0.15, -0.1) is 0 Å². The average Bonchev–Trinajstić information content (AvgIpc) is 3.20. The molecule has 1 fully saturated rings. The molecule has 6 nitrogen and oxygen atoms in total. The highest BCUT2D eigenvalue weighted by Gasteiger charge is 2.27. The molecule has 4 aromatic rings. The predicted octanol–water partition coefficient (Wildman–Crippen LogP) is 4.83. The minimum absolute atomic E-state index is 0.0164. The summed E-state index contributed by atoms with van der Waals surface area (Å²) in [6, 6.07) is 24.9. The monoisotopic (exact) mass is 454 g/mol. The van der Waals surface area contributed by atoms with Crippen LogP contribution in [-0.2, 0) is 0 Å². The number of benzene rings is 3. The van der Waals surface area contributed by atoms with Crippen LogP contribution in [0.4, 0.5) is 0 Å². The van der Waals surface area contributed by atoms with Crippen LogP contribution in [-0.4, -0.2) is 33.4 Å². The van der Waals surface area contributed by atoms with Crippen molar-refractivity contribution < 1.29 is 4.79 Å². The largest absolute Gasteiger partial charge is 0.338 e. The lowest BCUT2D eigenvalue weighted by Gasteiger charge is -2.33. The van der Waals surface area contributed by atoms with Gasteiger partial charge in [0, 0.05) is 28.9 Å². The molecule has 1 aliphatic heterocycles. The van der Waals surface area contributed by atoms with E-state index in [1.54, 1.807) is 6.07 Å². The van der Waals surface area contributed by atoms with Crippen LogP contribution in [0.2, 0.25) is 0 Å². The summed E-state index contributed by atoms with van der Waals surface area (Å²) < 4.78 is 1.83. The van der Waals surface area contributed by atoms with E-state index in [0.717, 1.165) is 33.7 Å². The molecule has 0 bridgehead atoms. The molecule has 5 rings (SSSR count). The number of para-hydroxylation sites is 2. The Morgan fingerprint density at radius 1 is 0.939 bits per heavy atom. The van der Waals surface area contributed by atoms with Gasteiger partial charge in [0.1, 0.15) is 6.07 Å². The summed E-state index contributed by atoms with van der Waals surface area (Å²) in [5, 5.41) is 9.40. The first kappa shape index (κ1) is 21.1. The highest BCUT2D eigenvalue weighted by molar-refractivity contribution is 7.99. The van der Waals surface area contributed by atoms with E-state index >= 15 is 0 Å². The van der Waals surface area contributed by atoms with E-state index in [1.807, 2.05) is 76.2 Å². The summed E-state index contributed by atoms with van der Waals surface area (Å²) >= 11 is 1.44. The molecular formula is C26H22N4O2S. The molecule has 1 N–H and O–H groups in total. The Labute approximate surface area is 195 Å². The van der Waals surface area contributed by atoms with Crippen LogP contribution in [0, 0.1) is 11.3 Å². The zero-order valence-electron chi connectivity index (χ0n) is 17.9. The van der Waals surface area contributed by atoms with Crippen LogP contribution >= 0.6 is 11.8 Å². The zero-order valence-corrected chi connectivity index (χ0v) is 18.7. The van der Waals surface area contributed by atoms with Crippen molar-refractivity contribution in [1.82, 2.24) is 14.5 Å². The fourth-order valence-electron chi connectivity index (χ4n) is 4.43. The molecule has 0 aliphatic carbocycles. The fraction of sp³-hybridized carbons (Fsp3) is 0.192. The lowest BCUT2D eigenvalue weighted by molar-refractivity contribution is 0.0691. The number of hydrogen-bond donors (Lipinski definition) is 1. The van der Waals surface area contributed by atoms with Gasteiger partial charge in [0.05, 0.1) is 22.2 Å². The first-order valence-corrected chi connectivity index (χ1v) is 11.7. The molecule has 3 aromatic carbocycles. The third kappa shape index (κ3) is 4.06. The van der Waals surface area contributed by atoms with Gasteiger partial charge in [0.2, 0.25) is 0 Å². The Morgan fingerprint density at radius 3 is 2.39 bits per heavy atom. The molecule has 0 radical (unpaired) electrons. The van der Waals surface area contributed by atoms with E-state index in [-0.39, 0.29) is 17.6 Å². The van der Waals surface area contributed by atoms with E-state index in [4.69, 9.17) is 0 Å². The molecule has 164 valence electrons. The number of nitrogens with zero attached hydrogens (tertiary/aromatic N) is 3. The first-order valence-electron chi connectivity index (χ1n) is 10.9. The van der Waals surface area contributed by atoms with Crippen molar-refractivity contribution in [3.63, 3.8) is 0 Å². The number of carbonyl (C=O) groups excluding carboxylic acids is 1. The van der Waals surface area contributed by atoms with Crippen LogP contribution in [0.3, 0.4) is 0 Å². The van der Waals surface area contributed by atoms with E-state index in [2.05, 4.69) is 11.1 Å². The number of H-pyrrole nitrogens is 1. The Bertz CT molecular complexity index is 1420. The van der Waals surface area contributed by atoms with Crippen LogP contribution in [0.1, 0.15) is 34.8 Å². The molecule has 1 aromatic heterocycles. The summed E-state index contributed by atoms with van der Waals surface area (Å²) in [7, 11) is 0. The number of carbonyl (C=O) groups is 1. The minimum Gasteiger partial charge on any atom is -0.338 e. The zero-order chi connectivity index (χ0) is 22.8. The van der Waals surface area contributed by atoms with Gasteiger partial charge in [-0.2, -0.15) is 5.26 Å². The Balaban J connectivity index is 1.34. The SMILES string of the molecule is N#Cc1ccccc1Sc1ccccc1C(=O)N1CCC(n2c(=O)[nH]c3ccccc32)CC1. The number of fused-ring (bicyclic) bond motifs is 1. The van der Waals surface area contributed by atoms with E-state index in [9.17, 15) is 14.9 Å². The van der Waals surface area contributed by atoms with Crippen LogP contribution in [0.25, 0.3) is 11.0 Å². The molecule has 1 aliphatic rings. The molecule has 33 heavy (non-hydrogen) atoms. The summed E-state index contributed by atoms with van der Waals surface area (Å²) in [6.45, 7) is 1.17. The molecule has 0 atom stereocenters. The Kier molecular flexibility index (Phi) is 5.76. The fourth-order valence-corrected chi connectivity index (χ4v) is 5.45. The number of imidazole rings is 1. The normalized spacial score (nSPS) is 14.3. The highest BCUT2D eigenvalue weighted by atomic mass is 32.2. The van der Waals surface area contributed by atoms with Crippen molar-refractivity contribution in [1.29, 1.82) is 5.26 Å². The smallest absolute Gasteiger partial charge is 0.326 e. The van der Waals surface area contributed by atoms with Gasteiger partial charge in [-0.1, -0.05) is 48.2 Å². The molecule has 0 saturated carbocycles. The molecule has 2 heterocycles. The van der Waals surface area contributed by atoms with Gasteiger partial charge in [-0.25, -0.2) is 4.79 Å². The number of likely N-dealkylation sites (tertiary alicyclic amines) is 1. The lowest BCUT2D eigenvalue weighted by Crippen LogP contribution is -2.40. The van der Waals surface area contributed by atoms with Crippen molar-refractivity contribution in [3.05, 3.63) is 94.4 Å². The number of rotatable bonds is 4. The third-order valence-electron chi connectivity index (χ3n) is 6.09. The van der Waals surface area contributed by atoms with Crippen molar-refractivity contribution in [3.8, 4) is 6.07 Å². The quantitative estimate of drug-likeness (QED) is 0.479. The van der Waals surface area contributed by atoms with Gasteiger partial charge in [-0.05, 0) is 49.2 Å². The second-order valence-corrected chi connectivity index (χ2v) is 9.13. The van der Waals surface area contributed by atoms with Crippen molar-refractivity contribution >= 4 is 28.7 Å². The van der Waals surface area contributed by atoms with Gasteiger partial charge in [0.25, 0.3) is 5.91 Å². The molecule has 0 spiro atoms. The summed E-state index contributed by atoms with van der Waals surface area (Å²) in [4.78, 5) is 32.4. The van der Waals surface area contributed by atoms with Crippen molar-refractivity contribution in [2.75, 3.05) is 13.1 Å². The van der Waals surface area contributed by atoms with Gasteiger partial charge < -0.3 is 9.88 Å². The van der Waals surface area contributed by atoms with Gasteiger partial charge >= 0.3 is 5.69 Å². The highest BCUT2D eigenvalue weighted by Crippen LogP contribution is 2.34. The molecule has 7 heteroatoms. The molecule has 0 unspecified atom stereocenters. The second kappa shape index (κ2) is 9.00. The molecular weight excluding hydrogens is 432 g/mol. The van der Waals surface area contributed by atoms with E-state index in [1.165, 1.54) is 11.8 Å². The number of aromatic nitrogens is 2.